The normalized spacial score (nSPS) is 18.4. The van der Waals surface area contributed by atoms with E-state index in [0.717, 1.165) is 17.8 Å². The maximum Gasteiger partial charge on any atom is 0.459 e. The number of para-hydroxylation sites is 1. The van der Waals surface area contributed by atoms with Crippen LogP contribution in [-0.2, 0) is 30.0 Å². The van der Waals surface area contributed by atoms with Gasteiger partial charge >= 0.3 is 25.3 Å². The molecule has 0 saturated heterocycles. The Labute approximate surface area is 226 Å². The van der Waals surface area contributed by atoms with Crippen LogP contribution >= 0.6 is 7.75 Å². The number of hydrogen-bond acceptors (Lipinski definition) is 10. The maximum atomic E-state index is 14.8. The first-order valence-electron chi connectivity index (χ1n) is 11.8. The average molecular weight is 578 g/mol. The zero-order chi connectivity index (χ0) is 28.9. The molecule has 0 radical (unpaired) electrons. The first kappa shape index (κ1) is 28.7. The molecule has 3 aromatic rings. The number of aromatic nitrogens is 2. The van der Waals surface area contributed by atoms with E-state index in [9.17, 15) is 28.0 Å². The minimum Gasteiger partial charge on any atom is -0.504 e. The van der Waals surface area contributed by atoms with Crippen LogP contribution < -0.4 is 21.0 Å². The van der Waals surface area contributed by atoms with Crippen molar-refractivity contribution < 1.29 is 41.8 Å². The minimum atomic E-state index is -4.49. The number of nitrogens with zero attached hydrogens (tertiary/aromatic N) is 2. The van der Waals surface area contributed by atoms with Crippen molar-refractivity contribution >= 4 is 19.5 Å². The SMILES string of the molecule is C[C@H](N[P@@](=O)(OCC1=C(O)C(F)(F)[C@H](n2ccc(N)nc2=O)O1)Oc1ccccc1)C(=O)OCc1ccccc1. The third-order valence-corrected chi connectivity index (χ3v) is 7.14. The summed E-state index contributed by atoms with van der Waals surface area (Å²) in [5.41, 5.74) is 4.97. The predicted molar refractivity (Wildman–Crippen MR) is 137 cm³/mol. The van der Waals surface area contributed by atoms with E-state index in [0.29, 0.717) is 4.57 Å². The van der Waals surface area contributed by atoms with Crippen LogP contribution in [0.25, 0.3) is 0 Å². The third kappa shape index (κ3) is 6.65. The average Bonchev–Trinajstić information content (AvgIpc) is 3.15. The summed E-state index contributed by atoms with van der Waals surface area (Å²) in [5.74, 6) is -7.39. The van der Waals surface area contributed by atoms with Crippen LogP contribution in [0.2, 0.25) is 0 Å². The number of anilines is 1. The molecular formula is C25H25F2N4O8P. The summed E-state index contributed by atoms with van der Waals surface area (Å²) in [7, 11) is -4.49. The molecule has 2 heterocycles. The highest BCUT2D eigenvalue weighted by molar-refractivity contribution is 7.52. The van der Waals surface area contributed by atoms with Crippen molar-refractivity contribution in [2.24, 2.45) is 0 Å². The zero-order valence-electron chi connectivity index (χ0n) is 21.0. The number of esters is 1. The molecule has 0 bridgehead atoms. The van der Waals surface area contributed by atoms with E-state index in [-0.39, 0.29) is 18.2 Å². The summed E-state index contributed by atoms with van der Waals surface area (Å²) < 4.78 is 64.9. The zero-order valence-corrected chi connectivity index (χ0v) is 21.9. The second kappa shape index (κ2) is 11.9. The molecule has 0 aliphatic carbocycles. The van der Waals surface area contributed by atoms with Gasteiger partial charge in [0.15, 0.2) is 5.76 Å². The third-order valence-electron chi connectivity index (χ3n) is 5.51. The molecule has 0 spiro atoms. The summed E-state index contributed by atoms with van der Waals surface area (Å²) in [6, 6.07) is 16.4. The summed E-state index contributed by atoms with van der Waals surface area (Å²) in [4.78, 5) is 28.0. The van der Waals surface area contributed by atoms with Crippen molar-refractivity contribution in [3.8, 4) is 5.75 Å². The number of rotatable bonds is 11. The quantitative estimate of drug-likeness (QED) is 0.225. The number of aliphatic hydroxyl groups is 1. The second-order valence-electron chi connectivity index (χ2n) is 8.53. The number of aliphatic hydroxyl groups excluding tert-OH is 1. The van der Waals surface area contributed by atoms with Crippen LogP contribution in [0, 0.1) is 0 Å². The van der Waals surface area contributed by atoms with Gasteiger partial charge in [-0.2, -0.15) is 18.9 Å². The molecule has 12 nitrogen and oxygen atoms in total. The van der Waals surface area contributed by atoms with Gasteiger partial charge in [-0.05, 0) is 30.7 Å². The van der Waals surface area contributed by atoms with Gasteiger partial charge in [-0.1, -0.05) is 48.5 Å². The van der Waals surface area contributed by atoms with Gasteiger partial charge in [0.1, 0.15) is 30.8 Å². The summed E-state index contributed by atoms with van der Waals surface area (Å²) in [6.07, 6.45) is -1.39. The Hall–Kier alpha value is -4.26. The van der Waals surface area contributed by atoms with Crippen LogP contribution in [0.5, 0.6) is 5.75 Å². The van der Waals surface area contributed by atoms with Gasteiger partial charge in [-0.3, -0.25) is 13.9 Å². The molecule has 0 amide bonds. The van der Waals surface area contributed by atoms with Crippen LogP contribution in [0.3, 0.4) is 0 Å². The predicted octanol–water partition coefficient (Wildman–Crippen LogP) is 3.68. The second-order valence-corrected chi connectivity index (χ2v) is 10.2. The summed E-state index contributed by atoms with van der Waals surface area (Å²) in [5, 5.41) is 12.6. The standard InChI is InChI=1S/C25H25F2N4O8P/c1-16(22(33)36-14-17-8-4-2-5-9-17)30-40(35,39-18-10-6-3-7-11-18)37-15-19-21(32)25(26,27)23(38-19)31-13-12-20(28)29-24(31)34/h2-13,16,23,32H,14-15H2,1H3,(H,30,35)(H2,28,29,34)/t16-,23+,40+/m0/s1. The van der Waals surface area contributed by atoms with Gasteiger partial charge in [-0.25, -0.2) is 9.36 Å². The van der Waals surface area contributed by atoms with E-state index in [1.54, 1.807) is 48.5 Å². The van der Waals surface area contributed by atoms with Crippen molar-refractivity contribution in [1.29, 1.82) is 0 Å². The van der Waals surface area contributed by atoms with Crippen LogP contribution in [-0.4, -0.2) is 39.2 Å². The number of carbonyl (C=O) groups excluding carboxylic acids is 1. The summed E-state index contributed by atoms with van der Waals surface area (Å²) >= 11 is 0. The van der Waals surface area contributed by atoms with Crippen molar-refractivity contribution in [1.82, 2.24) is 14.6 Å². The highest BCUT2D eigenvalue weighted by Gasteiger charge is 2.55. The van der Waals surface area contributed by atoms with E-state index in [1.165, 1.54) is 19.1 Å². The smallest absolute Gasteiger partial charge is 0.459 e. The molecule has 1 aliphatic heterocycles. The summed E-state index contributed by atoms with van der Waals surface area (Å²) in [6.45, 7) is 0.296. The Kier molecular flexibility index (Phi) is 8.52. The van der Waals surface area contributed by atoms with Crippen LogP contribution in [0.15, 0.2) is 89.2 Å². The minimum absolute atomic E-state index is 0.0547. The number of ether oxygens (including phenoxy) is 2. The largest absolute Gasteiger partial charge is 0.504 e. The number of halogens is 2. The number of nitrogen functional groups attached to an aromatic ring is 1. The highest BCUT2D eigenvalue weighted by Crippen LogP contribution is 2.48. The number of alkyl halides is 2. The van der Waals surface area contributed by atoms with E-state index in [1.807, 2.05) is 0 Å². The Balaban J connectivity index is 1.49. The van der Waals surface area contributed by atoms with Gasteiger partial charge < -0.3 is 24.8 Å². The first-order valence-corrected chi connectivity index (χ1v) is 13.3. The number of carbonyl (C=O) groups is 1. The molecule has 1 aromatic heterocycles. The van der Waals surface area contributed by atoms with Crippen molar-refractivity contribution in [2.45, 2.75) is 31.7 Å². The Morgan fingerprint density at radius 2 is 1.82 bits per heavy atom. The van der Waals surface area contributed by atoms with Crippen LogP contribution in [0.4, 0.5) is 14.6 Å². The molecule has 1 aliphatic rings. The molecule has 4 N–H and O–H groups in total. The molecule has 40 heavy (non-hydrogen) atoms. The van der Waals surface area contributed by atoms with E-state index in [2.05, 4.69) is 10.1 Å². The Bertz CT molecular complexity index is 1490. The van der Waals surface area contributed by atoms with Crippen molar-refractivity contribution in [3.63, 3.8) is 0 Å². The maximum absolute atomic E-state index is 14.8. The number of benzene rings is 2. The fourth-order valence-corrected chi connectivity index (χ4v) is 4.95. The van der Waals surface area contributed by atoms with Crippen molar-refractivity contribution in [3.05, 3.63) is 100 Å². The van der Waals surface area contributed by atoms with Gasteiger partial charge in [0, 0.05) is 6.20 Å². The molecule has 0 saturated carbocycles. The molecule has 15 heteroatoms. The monoisotopic (exact) mass is 578 g/mol. The molecule has 212 valence electrons. The Morgan fingerprint density at radius 3 is 2.48 bits per heavy atom. The lowest BCUT2D eigenvalue weighted by Crippen LogP contribution is -2.37. The lowest BCUT2D eigenvalue weighted by Gasteiger charge is -2.23. The van der Waals surface area contributed by atoms with Gasteiger partial charge in [0.2, 0.25) is 5.76 Å². The topological polar surface area (TPSA) is 164 Å². The lowest BCUT2D eigenvalue weighted by molar-refractivity contribution is -0.146. The van der Waals surface area contributed by atoms with Crippen LogP contribution in [0.1, 0.15) is 18.7 Å². The molecule has 0 unspecified atom stereocenters. The molecule has 2 aromatic carbocycles. The van der Waals surface area contributed by atoms with E-state index >= 15 is 0 Å². The van der Waals surface area contributed by atoms with Gasteiger partial charge in [0.25, 0.3) is 6.23 Å². The van der Waals surface area contributed by atoms with E-state index in [4.69, 9.17) is 24.3 Å². The van der Waals surface area contributed by atoms with E-state index < -0.39 is 55.7 Å². The first-order chi connectivity index (χ1) is 19.0. The van der Waals surface area contributed by atoms with Crippen molar-refractivity contribution in [2.75, 3.05) is 12.3 Å². The highest BCUT2D eigenvalue weighted by atomic mass is 31.2. The molecule has 0 fully saturated rings. The molecule has 3 atom stereocenters. The lowest BCUT2D eigenvalue weighted by atomic mass is 10.2. The van der Waals surface area contributed by atoms with Gasteiger partial charge in [-0.15, -0.1) is 0 Å². The molecular weight excluding hydrogens is 553 g/mol. The fourth-order valence-electron chi connectivity index (χ4n) is 3.50. The number of hydrogen-bond donors (Lipinski definition) is 3. The Morgan fingerprint density at radius 1 is 1.18 bits per heavy atom. The molecule has 4 rings (SSSR count). The fraction of sp³-hybridized carbons (Fsp3) is 0.240. The number of nitrogens with one attached hydrogen (secondary N) is 1. The number of nitrogens with two attached hydrogens (primary N) is 1. The van der Waals surface area contributed by atoms with Gasteiger partial charge in [0.05, 0.1) is 0 Å².